The Bertz CT molecular complexity index is 605. The van der Waals surface area contributed by atoms with E-state index in [0.717, 1.165) is 30.7 Å². The minimum absolute atomic E-state index is 0.00393. The number of anilines is 1. The van der Waals surface area contributed by atoms with E-state index in [0.29, 0.717) is 18.7 Å². The van der Waals surface area contributed by atoms with Gasteiger partial charge in [-0.15, -0.1) is 0 Å². The number of carbonyl (C=O) groups is 1. The van der Waals surface area contributed by atoms with Crippen LogP contribution in [0.1, 0.15) is 38.5 Å². The fourth-order valence-electron chi connectivity index (χ4n) is 4.31. The third-order valence-electron chi connectivity index (χ3n) is 5.49. The molecule has 2 aliphatic carbocycles. The number of nitrogens with one attached hydrogen (secondary N) is 2. The van der Waals surface area contributed by atoms with Crippen molar-refractivity contribution in [3.63, 3.8) is 0 Å². The summed E-state index contributed by atoms with van der Waals surface area (Å²) in [6.45, 7) is 1.14. The number of benzene rings is 1. The first-order valence-corrected chi connectivity index (χ1v) is 8.87. The number of carbonyl (C=O) groups excluding carboxylic acids is 1. The Hall–Kier alpha value is -2.11. The molecule has 0 aromatic heterocycles. The fourth-order valence-corrected chi connectivity index (χ4v) is 4.31. The molecule has 2 N–H and O–H groups in total. The van der Waals surface area contributed by atoms with Crippen molar-refractivity contribution in [2.75, 3.05) is 18.4 Å². The second-order valence-electron chi connectivity index (χ2n) is 7.02. The number of nitro groups is 1. The van der Waals surface area contributed by atoms with E-state index in [1.807, 2.05) is 0 Å². The van der Waals surface area contributed by atoms with Crippen molar-refractivity contribution in [1.29, 1.82) is 0 Å². The van der Waals surface area contributed by atoms with Crippen LogP contribution in [0.2, 0.25) is 0 Å². The molecule has 3 rings (SSSR count). The molecular formula is C18H25N3O3. The van der Waals surface area contributed by atoms with Gasteiger partial charge in [0, 0.05) is 25.6 Å². The van der Waals surface area contributed by atoms with E-state index in [1.54, 1.807) is 18.2 Å². The lowest BCUT2D eigenvalue weighted by Gasteiger charge is -2.21. The lowest BCUT2D eigenvalue weighted by Crippen LogP contribution is -2.28. The molecule has 1 amide bonds. The van der Waals surface area contributed by atoms with Crippen LogP contribution < -0.4 is 10.6 Å². The second-order valence-corrected chi connectivity index (χ2v) is 7.02. The van der Waals surface area contributed by atoms with Gasteiger partial charge in [0.1, 0.15) is 5.69 Å². The molecule has 3 unspecified atom stereocenters. The van der Waals surface area contributed by atoms with Gasteiger partial charge in [-0.1, -0.05) is 18.6 Å². The Morgan fingerprint density at radius 3 is 2.75 bits per heavy atom. The van der Waals surface area contributed by atoms with Gasteiger partial charge in [0.15, 0.2) is 0 Å². The molecule has 0 spiro atoms. The van der Waals surface area contributed by atoms with Gasteiger partial charge in [0.05, 0.1) is 4.92 Å². The highest BCUT2D eigenvalue weighted by molar-refractivity contribution is 5.76. The first kappa shape index (κ1) is 16.7. The Morgan fingerprint density at radius 1 is 1.21 bits per heavy atom. The van der Waals surface area contributed by atoms with Gasteiger partial charge in [0.25, 0.3) is 5.69 Å². The van der Waals surface area contributed by atoms with Crippen molar-refractivity contribution in [1.82, 2.24) is 5.32 Å². The summed E-state index contributed by atoms with van der Waals surface area (Å²) in [6.07, 6.45) is 6.94. The van der Waals surface area contributed by atoms with Crippen LogP contribution in [0.5, 0.6) is 0 Å². The summed E-state index contributed by atoms with van der Waals surface area (Å²) in [4.78, 5) is 22.4. The zero-order valence-corrected chi connectivity index (χ0v) is 13.9. The third-order valence-corrected chi connectivity index (χ3v) is 5.49. The summed E-state index contributed by atoms with van der Waals surface area (Å²) < 4.78 is 0. The zero-order chi connectivity index (χ0) is 16.9. The van der Waals surface area contributed by atoms with Crippen LogP contribution in [0.3, 0.4) is 0 Å². The molecule has 24 heavy (non-hydrogen) atoms. The summed E-state index contributed by atoms with van der Waals surface area (Å²) in [5, 5.41) is 16.9. The first-order chi connectivity index (χ1) is 11.6. The smallest absolute Gasteiger partial charge is 0.292 e. The zero-order valence-electron chi connectivity index (χ0n) is 13.9. The molecule has 0 saturated heterocycles. The highest BCUT2D eigenvalue weighted by Gasteiger charge is 2.38. The maximum atomic E-state index is 11.9. The van der Waals surface area contributed by atoms with E-state index >= 15 is 0 Å². The number of nitro benzene ring substituents is 1. The van der Waals surface area contributed by atoms with Crippen LogP contribution in [0.15, 0.2) is 24.3 Å². The topological polar surface area (TPSA) is 84.3 Å². The minimum Gasteiger partial charge on any atom is -0.379 e. The monoisotopic (exact) mass is 331 g/mol. The van der Waals surface area contributed by atoms with Crippen LogP contribution in [0.25, 0.3) is 0 Å². The van der Waals surface area contributed by atoms with Crippen LogP contribution in [0, 0.1) is 27.9 Å². The molecular weight excluding hydrogens is 306 g/mol. The molecule has 0 aliphatic heterocycles. The molecule has 0 heterocycles. The summed E-state index contributed by atoms with van der Waals surface area (Å²) in [7, 11) is 0. The average Bonchev–Trinajstić information content (AvgIpc) is 3.18. The molecule has 2 bridgehead atoms. The Kier molecular flexibility index (Phi) is 5.33. The van der Waals surface area contributed by atoms with Crippen molar-refractivity contribution in [2.24, 2.45) is 17.8 Å². The number of amides is 1. The third kappa shape index (κ3) is 4.04. The van der Waals surface area contributed by atoms with E-state index < -0.39 is 4.92 Å². The van der Waals surface area contributed by atoms with E-state index in [9.17, 15) is 14.9 Å². The Balaban J connectivity index is 1.33. The standard InChI is InChI=1S/C18H25N3O3/c22-18(20-9-7-15-12-13-5-6-14(15)11-13)8-10-19-16-3-1-2-4-17(16)21(23)24/h1-4,13-15,19H,5-12H2,(H,20,22). The lowest BCUT2D eigenvalue weighted by atomic mass is 9.86. The highest BCUT2D eigenvalue weighted by atomic mass is 16.6. The van der Waals surface area contributed by atoms with E-state index in [-0.39, 0.29) is 11.6 Å². The van der Waals surface area contributed by atoms with Crippen molar-refractivity contribution in [3.05, 3.63) is 34.4 Å². The van der Waals surface area contributed by atoms with Crippen LogP contribution in [-0.2, 0) is 4.79 Å². The minimum atomic E-state index is -0.419. The number of rotatable bonds is 8. The van der Waals surface area contributed by atoms with Crippen molar-refractivity contribution < 1.29 is 9.72 Å². The number of nitrogens with zero attached hydrogens (tertiary/aromatic N) is 1. The van der Waals surface area contributed by atoms with Crippen LogP contribution in [-0.4, -0.2) is 23.9 Å². The van der Waals surface area contributed by atoms with Crippen LogP contribution >= 0.6 is 0 Å². The number of fused-ring (bicyclic) bond motifs is 2. The van der Waals surface area contributed by atoms with Crippen LogP contribution in [0.4, 0.5) is 11.4 Å². The molecule has 0 radical (unpaired) electrons. The normalized spacial score (nSPS) is 24.8. The van der Waals surface area contributed by atoms with E-state index in [2.05, 4.69) is 10.6 Å². The highest BCUT2D eigenvalue weighted by Crippen LogP contribution is 2.49. The van der Waals surface area contributed by atoms with Crippen molar-refractivity contribution in [3.8, 4) is 0 Å². The Labute approximate surface area is 142 Å². The van der Waals surface area contributed by atoms with Gasteiger partial charge >= 0.3 is 0 Å². The maximum absolute atomic E-state index is 11.9. The van der Waals surface area contributed by atoms with Gasteiger partial charge in [-0.05, 0) is 49.5 Å². The fraction of sp³-hybridized carbons (Fsp3) is 0.611. The quantitative estimate of drug-likeness (QED) is 0.565. The first-order valence-electron chi connectivity index (χ1n) is 8.87. The molecule has 1 aromatic rings. The molecule has 2 fully saturated rings. The molecule has 1 aromatic carbocycles. The SMILES string of the molecule is O=C(CCNc1ccccc1[N+](=O)[O-])NCCC1CC2CCC1C2. The summed E-state index contributed by atoms with van der Waals surface area (Å²) >= 11 is 0. The van der Waals surface area contributed by atoms with E-state index in [4.69, 9.17) is 0 Å². The number of para-hydroxylation sites is 2. The molecule has 6 nitrogen and oxygen atoms in total. The summed E-state index contributed by atoms with van der Waals surface area (Å²) in [5.74, 6) is 2.65. The van der Waals surface area contributed by atoms with Gasteiger partial charge < -0.3 is 10.6 Å². The number of hydrogen-bond acceptors (Lipinski definition) is 4. The molecule has 3 atom stereocenters. The van der Waals surface area contributed by atoms with Gasteiger partial charge in [0.2, 0.25) is 5.91 Å². The lowest BCUT2D eigenvalue weighted by molar-refractivity contribution is -0.384. The van der Waals surface area contributed by atoms with Gasteiger partial charge in [-0.25, -0.2) is 0 Å². The molecule has 2 aliphatic rings. The summed E-state index contributed by atoms with van der Waals surface area (Å²) in [5.41, 5.74) is 0.492. The van der Waals surface area contributed by atoms with Crippen molar-refractivity contribution >= 4 is 17.3 Å². The van der Waals surface area contributed by atoms with Gasteiger partial charge in [-0.3, -0.25) is 14.9 Å². The Morgan fingerprint density at radius 2 is 2.04 bits per heavy atom. The second kappa shape index (κ2) is 7.64. The molecule has 130 valence electrons. The summed E-state index contributed by atoms with van der Waals surface area (Å²) in [6, 6.07) is 6.49. The number of hydrogen-bond donors (Lipinski definition) is 2. The van der Waals surface area contributed by atoms with E-state index in [1.165, 1.54) is 31.7 Å². The average molecular weight is 331 g/mol. The maximum Gasteiger partial charge on any atom is 0.292 e. The predicted molar refractivity (Wildman–Crippen MR) is 92.8 cm³/mol. The predicted octanol–water partition coefficient (Wildman–Crippen LogP) is 3.34. The van der Waals surface area contributed by atoms with Gasteiger partial charge in [-0.2, -0.15) is 0 Å². The molecule has 2 saturated carbocycles. The molecule has 6 heteroatoms. The largest absolute Gasteiger partial charge is 0.379 e. The van der Waals surface area contributed by atoms with Crippen molar-refractivity contribution in [2.45, 2.75) is 38.5 Å².